The molecule has 0 unspecified atom stereocenters. The SMILES string of the molecule is COCCCNC(=O)/C(C#N)=C/c1ccc(-c2ccc(C(=O)O)cc2)o1. The fourth-order valence-corrected chi connectivity index (χ4v) is 2.17. The van der Waals surface area contributed by atoms with Crippen LogP contribution in [-0.2, 0) is 9.53 Å². The maximum Gasteiger partial charge on any atom is 0.335 e. The van der Waals surface area contributed by atoms with Crippen molar-refractivity contribution in [1.82, 2.24) is 5.32 Å². The summed E-state index contributed by atoms with van der Waals surface area (Å²) in [6, 6.07) is 11.4. The fraction of sp³-hybridized carbons (Fsp3) is 0.211. The molecule has 0 atom stereocenters. The Labute approximate surface area is 150 Å². The van der Waals surface area contributed by atoms with Crippen LogP contribution < -0.4 is 5.32 Å². The summed E-state index contributed by atoms with van der Waals surface area (Å²) in [6.45, 7) is 0.930. The highest BCUT2D eigenvalue weighted by atomic mass is 16.5. The van der Waals surface area contributed by atoms with Crippen LogP contribution in [0.3, 0.4) is 0 Å². The average Bonchev–Trinajstić information content (AvgIpc) is 3.11. The largest absolute Gasteiger partial charge is 0.478 e. The molecule has 2 rings (SSSR count). The number of carbonyl (C=O) groups excluding carboxylic acids is 1. The molecule has 0 aliphatic carbocycles. The molecule has 0 spiro atoms. The minimum absolute atomic E-state index is 0.0652. The van der Waals surface area contributed by atoms with Crippen LogP contribution >= 0.6 is 0 Å². The molecule has 1 aromatic carbocycles. The van der Waals surface area contributed by atoms with Gasteiger partial charge in [-0.05, 0) is 30.7 Å². The zero-order chi connectivity index (χ0) is 18.9. The summed E-state index contributed by atoms with van der Waals surface area (Å²) in [7, 11) is 1.58. The van der Waals surface area contributed by atoms with Crippen LogP contribution in [-0.4, -0.2) is 37.2 Å². The van der Waals surface area contributed by atoms with E-state index in [-0.39, 0.29) is 11.1 Å². The third-order valence-electron chi connectivity index (χ3n) is 3.51. The minimum Gasteiger partial charge on any atom is -0.478 e. The number of rotatable bonds is 8. The maximum absolute atomic E-state index is 12.0. The number of carbonyl (C=O) groups is 2. The van der Waals surface area contributed by atoms with Crippen LogP contribution in [0.25, 0.3) is 17.4 Å². The van der Waals surface area contributed by atoms with E-state index >= 15 is 0 Å². The number of hydrogen-bond acceptors (Lipinski definition) is 5. The first-order valence-electron chi connectivity index (χ1n) is 7.87. The van der Waals surface area contributed by atoms with Gasteiger partial charge in [0.2, 0.25) is 0 Å². The van der Waals surface area contributed by atoms with Gasteiger partial charge in [0, 0.05) is 31.9 Å². The Kier molecular flexibility index (Phi) is 6.71. The lowest BCUT2D eigenvalue weighted by atomic mass is 10.1. The lowest BCUT2D eigenvalue weighted by Crippen LogP contribution is -2.26. The van der Waals surface area contributed by atoms with Crippen molar-refractivity contribution in [2.24, 2.45) is 0 Å². The summed E-state index contributed by atoms with van der Waals surface area (Å²) in [5.41, 5.74) is 0.805. The van der Waals surface area contributed by atoms with E-state index in [2.05, 4.69) is 5.32 Å². The Hall–Kier alpha value is -3.37. The van der Waals surface area contributed by atoms with Crippen molar-refractivity contribution in [3.63, 3.8) is 0 Å². The zero-order valence-electron chi connectivity index (χ0n) is 14.2. The molecule has 0 aliphatic rings. The van der Waals surface area contributed by atoms with E-state index in [1.807, 2.05) is 6.07 Å². The van der Waals surface area contributed by atoms with Gasteiger partial charge in [0.05, 0.1) is 5.56 Å². The number of nitrogens with zero attached hydrogens (tertiary/aromatic N) is 1. The summed E-state index contributed by atoms with van der Waals surface area (Å²) in [5.74, 6) is -0.626. The highest BCUT2D eigenvalue weighted by molar-refractivity contribution is 6.01. The summed E-state index contributed by atoms with van der Waals surface area (Å²) in [4.78, 5) is 22.9. The molecular weight excluding hydrogens is 336 g/mol. The van der Waals surface area contributed by atoms with E-state index < -0.39 is 11.9 Å². The van der Waals surface area contributed by atoms with Crippen LogP contribution in [0.2, 0.25) is 0 Å². The van der Waals surface area contributed by atoms with E-state index in [4.69, 9.17) is 19.5 Å². The van der Waals surface area contributed by atoms with Crippen LogP contribution in [0.1, 0.15) is 22.5 Å². The number of carboxylic acid groups (broad SMARTS) is 1. The van der Waals surface area contributed by atoms with Crippen LogP contribution in [0.5, 0.6) is 0 Å². The van der Waals surface area contributed by atoms with Crippen molar-refractivity contribution in [2.75, 3.05) is 20.3 Å². The van der Waals surface area contributed by atoms with E-state index in [1.54, 1.807) is 31.4 Å². The number of methoxy groups -OCH3 is 1. The number of benzene rings is 1. The second kappa shape index (κ2) is 9.20. The maximum atomic E-state index is 12.0. The zero-order valence-corrected chi connectivity index (χ0v) is 14.2. The Morgan fingerprint density at radius 3 is 2.62 bits per heavy atom. The molecule has 0 saturated carbocycles. The van der Waals surface area contributed by atoms with E-state index in [9.17, 15) is 9.59 Å². The molecule has 7 heteroatoms. The molecule has 0 aliphatic heterocycles. The molecule has 1 amide bonds. The molecule has 1 aromatic heterocycles. The number of nitrogens with one attached hydrogen (secondary N) is 1. The van der Waals surface area contributed by atoms with Gasteiger partial charge < -0.3 is 19.6 Å². The fourth-order valence-electron chi connectivity index (χ4n) is 2.17. The highest BCUT2D eigenvalue weighted by Crippen LogP contribution is 2.24. The summed E-state index contributed by atoms with van der Waals surface area (Å²) >= 11 is 0. The quantitative estimate of drug-likeness (QED) is 0.428. The Balaban J connectivity index is 2.09. The van der Waals surface area contributed by atoms with Gasteiger partial charge in [-0.1, -0.05) is 12.1 Å². The Bertz CT molecular complexity index is 844. The second-order valence-electron chi connectivity index (χ2n) is 5.36. The van der Waals surface area contributed by atoms with Gasteiger partial charge in [0.1, 0.15) is 23.2 Å². The van der Waals surface area contributed by atoms with Crippen molar-refractivity contribution in [3.05, 3.63) is 53.3 Å². The lowest BCUT2D eigenvalue weighted by molar-refractivity contribution is -0.117. The van der Waals surface area contributed by atoms with Crippen LogP contribution in [0.15, 0.2) is 46.4 Å². The average molecular weight is 354 g/mol. The summed E-state index contributed by atoms with van der Waals surface area (Å²) in [5, 5.41) is 20.7. The Morgan fingerprint density at radius 2 is 2.00 bits per heavy atom. The molecule has 2 aromatic rings. The molecule has 0 fully saturated rings. The van der Waals surface area contributed by atoms with E-state index in [0.29, 0.717) is 36.7 Å². The number of carboxylic acids is 1. The lowest BCUT2D eigenvalue weighted by Gasteiger charge is -2.03. The van der Waals surface area contributed by atoms with Gasteiger partial charge in [-0.25, -0.2) is 4.79 Å². The van der Waals surface area contributed by atoms with Crippen molar-refractivity contribution in [2.45, 2.75) is 6.42 Å². The first-order valence-corrected chi connectivity index (χ1v) is 7.87. The monoisotopic (exact) mass is 354 g/mol. The minimum atomic E-state index is -1.00. The number of ether oxygens (including phenoxy) is 1. The van der Waals surface area contributed by atoms with E-state index in [0.717, 1.165) is 0 Å². The third kappa shape index (κ3) is 5.06. The third-order valence-corrected chi connectivity index (χ3v) is 3.51. The van der Waals surface area contributed by atoms with Crippen LogP contribution in [0, 0.1) is 11.3 Å². The number of hydrogen-bond donors (Lipinski definition) is 2. The second-order valence-corrected chi connectivity index (χ2v) is 5.36. The van der Waals surface area contributed by atoms with Gasteiger partial charge in [-0.3, -0.25) is 4.79 Å². The topological polar surface area (TPSA) is 113 Å². The molecule has 0 radical (unpaired) electrons. The summed E-state index contributed by atoms with van der Waals surface area (Å²) in [6.07, 6.45) is 2.01. The van der Waals surface area contributed by atoms with E-state index in [1.165, 1.54) is 18.2 Å². The summed E-state index contributed by atoms with van der Waals surface area (Å²) < 4.78 is 10.5. The molecule has 2 N–H and O–H groups in total. The molecule has 1 heterocycles. The van der Waals surface area contributed by atoms with Gasteiger partial charge >= 0.3 is 5.97 Å². The van der Waals surface area contributed by atoms with Gasteiger partial charge in [-0.2, -0.15) is 5.26 Å². The first-order chi connectivity index (χ1) is 12.5. The van der Waals surface area contributed by atoms with Crippen molar-refractivity contribution in [3.8, 4) is 17.4 Å². The highest BCUT2D eigenvalue weighted by Gasteiger charge is 2.11. The first kappa shape index (κ1) is 19.0. The van der Waals surface area contributed by atoms with Crippen LogP contribution in [0.4, 0.5) is 0 Å². The van der Waals surface area contributed by atoms with Gasteiger partial charge in [0.15, 0.2) is 0 Å². The van der Waals surface area contributed by atoms with Crippen molar-refractivity contribution in [1.29, 1.82) is 5.26 Å². The predicted molar refractivity (Wildman–Crippen MR) is 94.2 cm³/mol. The van der Waals surface area contributed by atoms with Crippen molar-refractivity contribution < 1.29 is 23.8 Å². The number of aromatic carboxylic acids is 1. The number of amides is 1. The van der Waals surface area contributed by atoms with Gasteiger partial charge in [0.25, 0.3) is 5.91 Å². The molecule has 0 saturated heterocycles. The molecular formula is C19H18N2O5. The number of furan rings is 1. The molecule has 0 bridgehead atoms. The van der Waals surface area contributed by atoms with Crippen molar-refractivity contribution >= 4 is 18.0 Å². The molecule has 134 valence electrons. The molecule has 26 heavy (non-hydrogen) atoms. The normalized spacial score (nSPS) is 11.0. The van der Waals surface area contributed by atoms with Gasteiger partial charge in [-0.15, -0.1) is 0 Å². The predicted octanol–water partition coefficient (Wildman–Crippen LogP) is 2.70. The Morgan fingerprint density at radius 1 is 1.27 bits per heavy atom. The smallest absolute Gasteiger partial charge is 0.335 e. The standard InChI is InChI=1S/C19H18N2O5/c1-25-10-2-9-21-18(22)15(12-20)11-16-7-8-17(26-16)13-3-5-14(6-4-13)19(23)24/h3-8,11H,2,9-10H2,1H3,(H,21,22)(H,23,24)/b15-11+. The number of nitriles is 1. The molecule has 7 nitrogen and oxygen atoms in total.